The van der Waals surface area contributed by atoms with Crippen molar-refractivity contribution in [3.63, 3.8) is 0 Å². The van der Waals surface area contributed by atoms with Crippen molar-refractivity contribution in [1.82, 2.24) is 9.97 Å². The van der Waals surface area contributed by atoms with Gasteiger partial charge in [-0.3, -0.25) is 4.79 Å². The topological polar surface area (TPSA) is 92.9 Å². The molecule has 4 N–H and O–H groups in total. The minimum atomic E-state index is -0.488. The van der Waals surface area contributed by atoms with Crippen molar-refractivity contribution in [3.05, 3.63) is 46.6 Å². The molecule has 0 saturated carbocycles. The van der Waals surface area contributed by atoms with Crippen LogP contribution in [0.3, 0.4) is 0 Å². The maximum absolute atomic E-state index is 13.3. The zero-order chi connectivity index (χ0) is 13.8. The molecule has 1 heterocycles. The van der Waals surface area contributed by atoms with E-state index in [-0.39, 0.29) is 5.69 Å². The van der Waals surface area contributed by atoms with Gasteiger partial charge in [-0.05, 0) is 34.1 Å². The van der Waals surface area contributed by atoms with E-state index in [0.717, 1.165) is 0 Å². The number of hydrogen-bond acceptors (Lipinski definition) is 5. The second-order valence-electron chi connectivity index (χ2n) is 3.51. The summed E-state index contributed by atoms with van der Waals surface area (Å²) in [5, 5.41) is 2.51. The van der Waals surface area contributed by atoms with Crippen LogP contribution in [-0.2, 0) is 0 Å². The van der Waals surface area contributed by atoms with Gasteiger partial charge in [-0.15, -0.1) is 0 Å². The van der Waals surface area contributed by atoms with Crippen molar-refractivity contribution in [3.8, 4) is 0 Å². The lowest BCUT2D eigenvalue weighted by Crippen LogP contribution is -2.15. The van der Waals surface area contributed by atoms with Crippen LogP contribution in [0.5, 0.6) is 0 Å². The molecule has 8 heteroatoms. The van der Waals surface area contributed by atoms with E-state index in [9.17, 15) is 9.18 Å². The minimum absolute atomic E-state index is 0.0994. The van der Waals surface area contributed by atoms with E-state index in [4.69, 9.17) is 5.84 Å². The van der Waals surface area contributed by atoms with Crippen LogP contribution in [0.2, 0.25) is 0 Å². The number of hydrazine groups is 1. The van der Waals surface area contributed by atoms with Gasteiger partial charge in [0.2, 0.25) is 0 Å². The van der Waals surface area contributed by atoms with Gasteiger partial charge in [-0.1, -0.05) is 0 Å². The molecule has 0 aliphatic carbocycles. The monoisotopic (exact) mass is 325 g/mol. The summed E-state index contributed by atoms with van der Waals surface area (Å²) in [4.78, 5) is 19.5. The molecule has 0 radical (unpaired) electrons. The number of nitrogens with zero attached hydrogens (tertiary/aromatic N) is 2. The molecule has 0 fully saturated rings. The third kappa shape index (κ3) is 3.24. The number of hydrogen-bond donors (Lipinski definition) is 3. The standard InChI is InChI=1S/C11H9BrFN5O/c12-7-2-1-6(3-8(7)13)17-11(19)9-4-16-10(18-14)5-15-9/h1-5H,14H2,(H,16,18)(H,17,19). The van der Waals surface area contributed by atoms with E-state index in [1.54, 1.807) is 6.07 Å². The maximum atomic E-state index is 13.3. The first-order chi connectivity index (χ1) is 9.10. The Kier molecular flexibility index (Phi) is 4.03. The van der Waals surface area contributed by atoms with Crippen LogP contribution in [0.4, 0.5) is 15.9 Å². The van der Waals surface area contributed by atoms with Crippen molar-refractivity contribution < 1.29 is 9.18 Å². The molecule has 0 aliphatic heterocycles. The largest absolute Gasteiger partial charge is 0.321 e. The zero-order valence-electron chi connectivity index (χ0n) is 9.52. The van der Waals surface area contributed by atoms with Crippen LogP contribution in [0, 0.1) is 5.82 Å². The molecule has 6 nitrogen and oxygen atoms in total. The first-order valence-electron chi connectivity index (χ1n) is 5.15. The Morgan fingerprint density at radius 3 is 2.68 bits per heavy atom. The summed E-state index contributed by atoms with van der Waals surface area (Å²) in [6.07, 6.45) is 2.58. The van der Waals surface area contributed by atoms with Crippen LogP contribution in [0.1, 0.15) is 10.5 Å². The molecule has 0 unspecified atom stereocenters. The number of nitrogen functional groups attached to an aromatic ring is 1. The number of amides is 1. The minimum Gasteiger partial charge on any atom is -0.321 e. The number of halogens is 2. The van der Waals surface area contributed by atoms with Gasteiger partial charge in [0.25, 0.3) is 5.91 Å². The molecule has 1 aromatic heterocycles. The van der Waals surface area contributed by atoms with Gasteiger partial charge < -0.3 is 10.7 Å². The van der Waals surface area contributed by atoms with Crippen LogP contribution >= 0.6 is 15.9 Å². The van der Waals surface area contributed by atoms with E-state index in [2.05, 4.69) is 36.6 Å². The highest BCUT2D eigenvalue weighted by atomic mass is 79.9. The average molecular weight is 326 g/mol. The van der Waals surface area contributed by atoms with Crippen molar-refractivity contribution in [2.45, 2.75) is 0 Å². The number of nitrogens with one attached hydrogen (secondary N) is 2. The van der Waals surface area contributed by atoms with Crippen LogP contribution < -0.4 is 16.6 Å². The second-order valence-corrected chi connectivity index (χ2v) is 4.37. The summed E-state index contributed by atoms with van der Waals surface area (Å²) in [6, 6.07) is 4.26. The van der Waals surface area contributed by atoms with Gasteiger partial charge in [0.05, 0.1) is 16.9 Å². The summed E-state index contributed by atoms with van der Waals surface area (Å²) >= 11 is 3.03. The number of carbonyl (C=O) groups is 1. The molecule has 1 aromatic carbocycles. The predicted molar refractivity (Wildman–Crippen MR) is 71.9 cm³/mol. The number of rotatable bonds is 3. The van der Waals surface area contributed by atoms with E-state index < -0.39 is 11.7 Å². The Morgan fingerprint density at radius 2 is 2.11 bits per heavy atom. The molecule has 0 spiro atoms. The number of aromatic nitrogens is 2. The Hall–Kier alpha value is -2.06. The molecule has 1 amide bonds. The van der Waals surface area contributed by atoms with E-state index in [1.165, 1.54) is 24.5 Å². The smallest absolute Gasteiger partial charge is 0.275 e. The number of nitrogens with two attached hydrogens (primary N) is 1. The summed E-state index contributed by atoms with van der Waals surface area (Å²) in [6.45, 7) is 0. The number of anilines is 2. The van der Waals surface area contributed by atoms with Crippen molar-refractivity contribution >= 4 is 33.3 Å². The fourth-order valence-corrected chi connectivity index (χ4v) is 1.54. The molecule has 2 aromatic rings. The Bertz CT molecular complexity index is 605. The second kappa shape index (κ2) is 5.72. The molecule has 0 saturated heterocycles. The molecule has 0 aliphatic rings. The summed E-state index contributed by atoms with van der Waals surface area (Å²) in [5.74, 6) is 4.52. The lowest BCUT2D eigenvalue weighted by atomic mass is 10.3. The molecular weight excluding hydrogens is 317 g/mol. The summed E-state index contributed by atoms with van der Waals surface area (Å²) < 4.78 is 13.6. The summed E-state index contributed by atoms with van der Waals surface area (Å²) in [7, 11) is 0. The predicted octanol–water partition coefficient (Wildman–Crippen LogP) is 1.92. The van der Waals surface area contributed by atoms with Gasteiger partial charge in [-0.2, -0.15) is 0 Å². The fourth-order valence-electron chi connectivity index (χ4n) is 1.29. The molecule has 0 atom stereocenters. The van der Waals surface area contributed by atoms with Gasteiger partial charge in [0.1, 0.15) is 11.5 Å². The highest BCUT2D eigenvalue weighted by Gasteiger charge is 2.09. The SMILES string of the molecule is NNc1cnc(C(=O)Nc2ccc(Br)c(F)c2)cn1. The first kappa shape index (κ1) is 13.4. The maximum Gasteiger partial charge on any atom is 0.275 e. The van der Waals surface area contributed by atoms with Crippen LogP contribution in [0.25, 0.3) is 0 Å². The van der Waals surface area contributed by atoms with Gasteiger partial charge in [0.15, 0.2) is 5.82 Å². The third-order valence-corrected chi connectivity index (χ3v) is 2.85. The number of carbonyl (C=O) groups excluding carboxylic acids is 1. The summed E-state index contributed by atoms with van der Waals surface area (Å²) in [5.41, 5.74) is 2.72. The van der Waals surface area contributed by atoms with E-state index >= 15 is 0 Å². The normalized spacial score (nSPS) is 10.1. The number of benzene rings is 1. The van der Waals surface area contributed by atoms with Gasteiger partial charge >= 0.3 is 0 Å². The lowest BCUT2D eigenvalue weighted by Gasteiger charge is -2.05. The molecule has 19 heavy (non-hydrogen) atoms. The molecule has 2 rings (SSSR count). The fraction of sp³-hybridized carbons (Fsp3) is 0. The Morgan fingerprint density at radius 1 is 1.32 bits per heavy atom. The van der Waals surface area contributed by atoms with Crippen molar-refractivity contribution in [2.75, 3.05) is 10.7 Å². The van der Waals surface area contributed by atoms with Crippen LogP contribution in [-0.4, -0.2) is 15.9 Å². The van der Waals surface area contributed by atoms with Crippen molar-refractivity contribution in [2.24, 2.45) is 5.84 Å². The van der Waals surface area contributed by atoms with Gasteiger partial charge in [0, 0.05) is 5.69 Å². The third-order valence-electron chi connectivity index (χ3n) is 2.21. The van der Waals surface area contributed by atoms with Crippen LogP contribution in [0.15, 0.2) is 35.1 Å². The molecular formula is C11H9BrFN5O. The zero-order valence-corrected chi connectivity index (χ0v) is 11.1. The van der Waals surface area contributed by atoms with E-state index in [0.29, 0.717) is 16.0 Å². The highest BCUT2D eigenvalue weighted by Crippen LogP contribution is 2.19. The average Bonchev–Trinajstić information content (AvgIpc) is 2.43. The Labute approximate surface area is 116 Å². The molecule has 98 valence electrons. The Balaban J connectivity index is 2.13. The highest BCUT2D eigenvalue weighted by molar-refractivity contribution is 9.10. The van der Waals surface area contributed by atoms with E-state index in [1.807, 2.05) is 0 Å². The lowest BCUT2D eigenvalue weighted by molar-refractivity contribution is 0.102. The van der Waals surface area contributed by atoms with Crippen molar-refractivity contribution in [1.29, 1.82) is 0 Å². The first-order valence-corrected chi connectivity index (χ1v) is 5.94. The molecule has 0 bridgehead atoms. The quantitative estimate of drug-likeness (QED) is 0.592. The van der Waals surface area contributed by atoms with Gasteiger partial charge in [-0.25, -0.2) is 20.2 Å².